The topological polar surface area (TPSA) is 72.6 Å². The van der Waals surface area contributed by atoms with Gasteiger partial charge in [0.05, 0.1) is 19.1 Å². The fourth-order valence-electron chi connectivity index (χ4n) is 0.696. The van der Waals surface area contributed by atoms with E-state index in [-0.39, 0.29) is 6.61 Å². The molecule has 4 nitrogen and oxygen atoms in total. The highest BCUT2D eigenvalue weighted by molar-refractivity contribution is 5.82. The standard InChI is InChI=1S/C5H8NO3/c6-5(8)4-3(1-7)2-9-4/h4,7H,1-2H2,(H2,6,8). The van der Waals surface area contributed by atoms with E-state index < -0.39 is 12.0 Å². The van der Waals surface area contributed by atoms with Crippen molar-refractivity contribution < 1.29 is 14.6 Å². The molecule has 1 unspecified atom stereocenters. The highest BCUT2D eigenvalue weighted by Crippen LogP contribution is 2.20. The molecule has 0 spiro atoms. The summed E-state index contributed by atoms with van der Waals surface area (Å²) in [5.74, 6) is 0.146. The average Bonchev–Trinajstić information content (AvgIpc) is 1.61. The van der Waals surface area contributed by atoms with Gasteiger partial charge in [-0.1, -0.05) is 0 Å². The maximum Gasteiger partial charge on any atom is 0.247 e. The minimum atomic E-state index is -0.630. The van der Waals surface area contributed by atoms with Crippen molar-refractivity contribution in [3.63, 3.8) is 0 Å². The zero-order valence-electron chi connectivity index (χ0n) is 4.83. The Labute approximate surface area is 52.6 Å². The Kier molecular flexibility index (Phi) is 1.68. The monoisotopic (exact) mass is 130 g/mol. The van der Waals surface area contributed by atoms with Crippen LogP contribution in [0, 0.1) is 5.92 Å². The van der Waals surface area contributed by atoms with E-state index in [0.717, 1.165) is 0 Å². The van der Waals surface area contributed by atoms with Crippen molar-refractivity contribution in [2.75, 3.05) is 13.2 Å². The van der Waals surface area contributed by atoms with Crippen LogP contribution in [-0.4, -0.2) is 30.3 Å². The molecule has 3 N–H and O–H groups in total. The van der Waals surface area contributed by atoms with Crippen molar-refractivity contribution in [2.24, 2.45) is 5.73 Å². The number of ether oxygens (including phenoxy) is 1. The second-order valence-corrected chi connectivity index (χ2v) is 1.91. The summed E-state index contributed by atoms with van der Waals surface area (Å²) in [7, 11) is 0. The predicted octanol–water partition coefficient (Wildman–Crippen LogP) is -1.56. The van der Waals surface area contributed by atoms with Gasteiger partial charge in [-0.05, 0) is 0 Å². The number of nitrogens with two attached hydrogens (primary N) is 1. The number of hydrogen-bond donors (Lipinski definition) is 2. The summed E-state index contributed by atoms with van der Waals surface area (Å²) in [4.78, 5) is 10.3. The summed E-state index contributed by atoms with van der Waals surface area (Å²) >= 11 is 0. The van der Waals surface area contributed by atoms with E-state index in [1.54, 1.807) is 0 Å². The zero-order valence-corrected chi connectivity index (χ0v) is 4.83. The van der Waals surface area contributed by atoms with Crippen molar-refractivity contribution in [1.29, 1.82) is 0 Å². The lowest BCUT2D eigenvalue weighted by molar-refractivity contribution is -0.138. The molecule has 51 valence electrons. The first-order valence-electron chi connectivity index (χ1n) is 2.62. The summed E-state index contributed by atoms with van der Waals surface area (Å²) in [5.41, 5.74) is 4.87. The first-order chi connectivity index (χ1) is 4.25. The fourth-order valence-corrected chi connectivity index (χ4v) is 0.696. The average molecular weight is 130 g/mol. The van der Waals surface area contributed by atoms with Crippen LogP contribution in [0.15, 0.2) is 0 Å². The SMILES string of the molecule is NC(=O)C1OC[C]1CO. The van der Waals surface area contributed by atoms with Gasteiger partial charge < -0.3 is 15.6 Å². The third kappa shape index (κ3) is 1.04. The molecule has 0 aromatic heterocycles. The zero-order chi connectivity index (χ0) is 6.85. The molecular formula is C5H8NO3. The van der Waals surface area contributed by atoms with Crippen LogP contribution in [0.1, 0.15) is 0 Å². The molecule has 0 aliphatic carbocycles. The predicted molar refractivity (Wildman–Crippen MR) is 29.3 cm³/mol. The minimum absolute atomic E-state index is 0.104. The van der Waals surface area contributed by atoms with Crippen LogP contribution in [0.4, 0.5) is 0 Å². The summed E-state index contributed by atoms with van der Waals surface area (Å²) < 4.78 is 4.72. The molecule has 1 radical (unpaired) electrons. The summed E-state index contributed by atoms with van der Waals surface area (Å²) in [5, 5.41) is 8.48. The van der Waals surface area contributed by atoms with Crippen molar-refractivity contribution >= 4 is 5.91 Å². The number of hydrogen-bond acceptors (Lipinski definition) is 3. The van der Waals surface area contributed by atoms with E-state index in [1.807, 2.05) is 0 Å². The van der Waals surface area contributed by atoms with Gasteiger partial charge >= 0.3 is 0 Å². The number of amides is 1. The van der Waals surface area contributed by atoms with Crippen LogP contribution in [0.25, 0.3) is 0 Å². The Morgan fingerprint density at radius 3 is 2.78 bits per heavy atom. The van der Waals surface area contributed by atoms with Gasteiger partial charge in [-0.25, -0.2) is 0 Å². The lowest BCUT2D eigenvalue weighted by Crippen LogP contribution is -2.48. The van der Waals surface area contributed by atoms with Crippen LogP contribution < -0.4 is 5.73 Å². The second kappa shape index (κ2) is 2.33. The van der Waals surface area contributed by atoms with Gasteiger partial charge in [0.15, 0.2) is 0 Å². The maximum absolute atomic E-state index is 10.3. The van der Waals surface area contributed by atoms with Gasteiger partial charge in [0.2, 0.25) is 5.91 Å². The molecule has 1 fully saturated rings. The number of aliphatic hydroxyl groups is 1. The second-order valence-electron chi connectivity index (χ2n) is 1.91. The van der Waals surface area contributed by atoms with Crippen molar-refractivity contribution in [3.8, 4) is 0 Å². The van der Waals surface area contributed by atoms with Gasteiger partial charge in [0, 0.05) is 0 Å². The number of aliphatic hydroxyl groups excluding tert-OH is 1. The van der Waals surface area contributed by atoms with E-state index >= 15 is 0 Å². The molecule has 1 rings (SSSR count). The molecule has 1 aliphatic heterocycles. The molecular weight excluding hydrogens is 122 g/mol. The van der Waals surface area contributed by atoms with Crippen LogP contribution >= 0.6 is 0 Å². The van der Waals surface area contributed by atoms with Crippen molar-refractivity contribution in [1.82, 2.24) is 0 Å². The molecule has 1 amide bonds. The van der Waals surface area contributed by atoms with E-state index in [9.17, 15) is 4.79 Å². The van der Waals surface area contributed by atoms with Gasteiger partial charge in [0.1, 0.15) is 6.10 Å². The third-order valence-electron chi connectivity index (χ3n) is 1.27. The lowest BCUT2D eigenvalue weighted by Gasteiger charge is -2.31. The smallest absolute Gasteiger partial charge is 0.247 e. The first-order valence-corrected chi connectivity index (χ1v) is 2.62. The first kappa shape index (κ1) is 6.51. The van der Waals surface area contributed by atoms with Gasteiger partial charge in [-0.3, -0.25) is 4.79 Å². The van der Waals surface area contributed by atoms with Crippen LogP contribution in [-0.2, 0) is 9.53 Å². The number of rotatable bonds is 2. The van der Waals surface area contributed by atoms with E-state index in [0.29, 0.717) is 12.5 Å². The number of primary amides is 1. The van der Waals surface area contributed by atoms with E-state index in [1.165, 1.54) is 0 Å². The Bertz CT molecular complexity index is 123. The largest absolute Gasteiger partial charge is 0.396 e. The van der Waals surface area contributed by atoms with Crippen LogP contribution in [0.3, 0.4) is 0 Å². The molecule has 4 heteroatoms. The number of carbonyl (C=O) groups excluding carboxylic acids is 1. The van der Waals surface area contributed by atoms with Crippen LogP contribution in [0.2, 0.25) is 0 Å². The van der Waals surface area contributed by atoms with E-state index in [4.69, 9.17) is 15.6 Å². The third-order valence-corrected chi connectivity index (χ3v) is 1.27. The Morgan fingerprint density at radius 2 is 2.67 bits per heavy atom. The summed E-state index contributed by atoms with van der Waals surface area (Å²) in [6, 6.07) is 0. The molecule has 0 saturated carbocycles. The Balaban J connectivity index is 2.35. The quantitative estimate of drug-likeness (QED) is 0.474. The van der Waals surface area contributed by atoms with Gasteiger partial charge in [0.25, 0.3) is 0 Å². The maximum atomic E-state index is 10.3. The molecule has 1 saturated heterocycles. The molecule has 0 aromatic carbocycles. The summed E-state index contributed by atoms with van der Waals surface area (Å²) in [6.07, 6.45) is -0.630. The normalized spacial score (nSPS) is 27.4. The van der Waals surface area contributed by atoms with Gasteiger partial charge in [-0.15, -0.1) is 0 Å². The van der Waals surface area contributed by atoms with Gasteiger partial charge in [-0.2, -0.15) is 0 Å². The van der Waals surface area contributed by atoms with E-state index in [2.05, 4.69) is 0 Å². The number of carbonyl (C=O) groups is 1. The van der Waals surface area contributed by atoms with Crippen molar-refractivity contribution in [3.05, 3.63) is 5.92 Å². The molecule has 0 bridgehead atoms. The molecule has 0 aromatic rings. The lowest BCUT2D eigenvalue weighted by atomic mass is 9.99. The molecule has 1 aliphatic rings. The van der Waals surface area contributed by atoms with Crippen molar-refractivity contribution in [2.45, 2.75) is 6.10 Å². The highest BCUT2D eigenvalue weighted by atomic mass is 16.5. The molecule has 1 heterocycles. The Morgan fingerprint density at radius 1 is 2.00 bits per heavy atom. The summed E-state index contributed by atoms with van der Waals surface area (Å²) in [6.45, 7) is 0.262. The minimum Gasteiger partial charge on any atom is -0.396 e. The highest BCUT2D eigenvalue weighted by Gasteiger charge is 2.36. The molecule has 9 heavy (non-hydrogen) atoms. The molecule has 1 atom stereocenters. The Hall–Kier alpha value is -0.610. The fraction of sp³-hybridized carbons (Fsp3) is 0.600. The van der Waals surface area contributed by atoms with Crippen LogP contribution in [0.5, 0.6) is 0 Å².